The maximum atomic E-state index is 11.3. The second kappa shape index (κ2) is 9.89. The molecule has 4 rings (SSSR count). The Labute approximate surface area is 196 Å². The third-order valence-corrected chi connectivity index (χ3v) is 6.98. The van der Waals surface area contributed by atoms with Crippen LogP contribution in [-0.2, 0) is 0 Å². The standard InChI is InChI=1S/C26H36N2O5/c1-20-6-8-22(9-7-20)33-19-26(31)18-27(13-10-24(26)29)17-25(30)11-14-28(15-12-25)21-4-3-5-23(16-21)32-2/h3-9,16,24,29-31H,10-15,17-19H2,1-2H3/t24-,26-/m0/s1. The van der Waals surface area contributed by atoms with Crippen LogP contribution in [0.4, 0.5) is 5.69 Å². The van der Waals surface area contributed by atoms with Crippen LogP contribution in [0.15, 0.2) is 48.5 Å². The molecule has 0 aliphatic carbocycles. The van der Waals surface area contributed by atoms with Crippen molar-refractivity contribution in [2.24, 2.45) is 0 Å². The van der Waals surface area contributed by atoms with Gasteiger partial charge in [0.05, 0.1) is 18.8 Å². The van der Waals surface area contributed by atoms with Crippen LogP contribution in [0.2, 0.25) is 0 Å². The summed E-state index contributed by atoms with van der Waals surface area (Å²) >= 11 is 0. The highest BCUT2D eigenvalue weighted by Gasteiger charge is 2.44. The molecule has 2 aliphatic heterocycles. The van der Waals surface area contributed by atoms with Crippen molar-refractivity contribution in [1.82, 2.24) is 4.90 Å². The molecule has 33 heavy (non-hydrogen) atoms. The minimum Gasteiger partial charge on any atom is -0.497 e. The van der Waals surface area contributed by atoms with E-state index in [2.05, 4.69) is 15.9 Å². The average molecular weight is 457 g/mol. The molecule has 0 radical (unpaired) electrons. The van der Waals surface area contributed by atoms with E-state index in [1.54, 1.807) is 7.11 Å². The minimum absolute atomic E-state index is 0.00970. The summed E-state index contributed by atoms with van der Waals surface area (Å²) in [4.78, 5) is 4.33. The van der Waals surface area contributed by atoms with Crippen LogP contribution >= 0.6 is 0 Å². The van der Waals surface area contributed by atoms with Crippen molar-refractivity contribution in [2.45, 2.75) is 43.5 Å². The Balaban J connectivity index is 1.33. The Morgan fingerprint density at radius 3 is 2.42 bits per heavy atom. The first-order chi connectivity index (χ1) is 15.8. The fourth-order valence-corrected chi connectivity index (χ4v) is 4.83. The van der Waals surface area contributed by atoms with Gasteiger partial charge in [-0.1, -0.05) is 23.8 Å². The summed E-state index contributed by atoms with van der Waals surface area (Å²) in [5, 5.41) is 33.0. The summed E-state index contributed by atoms with van der Waals surface area (Å²) < 4.78 is 11.1. The number of ether oxygens (including phenoxy) is 2. The second-order valence-corrected chi connectivity index (χ2v) is 9.63. The Kier molecular flexibility index (Phi) is 7.14. The SMILES string of the molecule is COc1cccc(N2CCC(O)(CN3CC[C@H](O)[C@@](O)(COc4ccc(C)cc4)C3)CC2)c1. The normalized spacial score (nSPS) is 25.6. The van der Waals surface area contributed by atoms with E-state index in [0.717, 1.165) is 30.1 Å². The molecule has 0 aromatic heterocycles. The lowest BCUT2D eigenvalue weighted by Crippen LogP contribution is -2.62. The molecule has 2 heterocycles. The molecular weight excluding hydrogens is 420 g/mol. The number of β-amino-alcohol motifs (C(OH)–C–C–N with tert-alkyl or cyclic N) is 2. The zero-order valence-electron chi connectivity index (χ0n) is 19.6. The van der Waals surface area contributed by atoms with Gasteiger partial charge in [-0.25, -0.2) is 0 Å². The number of likely N-dealkylation sites (tertiary alicyclic amines) is 1. The molecule has 2 atom stereocenters. The lowest BCUT2D eigenvalue weighted by atomic mass is 9.86. The lowest BCUT2D eigenvalue weighted by Gasteiger charge is -2.46. The fraction of sp³-hybridized carbons (Fsp3) is 0.538. The van der Waals surface area contributed by atoms with E-state index >= 15 is 0 Å². The van der Waals surface area contributed by atoms with E-state index in [-0.39, 0.29) is 13.2 Å². The van der Waals surface area contributed by atoms with Crippen LogP contribution in [-0.4, -0.2) is 84.0 Å². The van der Waals surface area contributed by atoms with Gasteiger partial charge in [-0.3, -0.25) is 4.90 Å². The van der Waals surface area contributed by atoms with Crippen LogP contribution < -0.4 is 14.4 Å². The summed E-state index contributed by atoms with van der Waals surface area (Å²) in [6.07, 6.45) is 0.867. The molecule has 0 amide bonds. The topological polar surface area (TPSA) is 85.6 Å². The molecule has 2 aliphatic rings. The number of hydrogen-bond donors (Lipinski definition) is 3. The summed E-state index contributed by atoms with van der Waals surface area (Å²) in [7, 11) is 1.66. The zero-order chi connectivity index (χ0) is 23.5. The van der Waals surface area contributed by atoms with Crippen molar-refractivity contribution < 1.29 is 24.8 Å². The van der Waals surface area contributed by atoms with Gasteiger partial charge in [0.1, 0.15) is 23.7 Å². The first kappa shape index (κ1) is 23.8. The number of anilines is 1. The summed E-state index contributed by atoms with van der Waals surface area (Å²) in [5.74, 6) is 1.49. The van der Waals surface area contributed by atoms with Crippen LogP contribution in [0.3, 0.4) is 0 Å². The predicted octanol–water partition coefficient (Wildman–Crippen LogP) is 2.21. The van der Waals surface area contributed by atoms with Gasteiger partial charge >= 0.3 is 0 Å². The Bertz CT molecular complexity index is 913. The maximum Gasteiger partial charge on any atom is 0.137 e. The zero-order valence-corrected chi connectivity index (χ0v) is 19.6. The van der Waals surface area contributed by atoms with Crippen molar-refractivity contribution in [2.75, 3.05) is 51.3 Å². The van der Waals surface area contributed by atoms with E-state index in [4.69, 9.17) is 9.47 Å². The molecular formula is C26H36N2O5. The molecule has 0 bridgehead atoms. The average Bonchev–Trinajstić information content (AvgIpc) is 2.82. The van der Waals surface area contributed by atoms with E-state index in [1.165, 1.54) is 0 Å². The molecule has 7 heteroatoms. The van der Waals surface area contributed by atoms with Crippen molar-refractivity contribution >= 4 is 5.69 Å². The second-order valence-electron chi connectivity index (χ2n) is 9.63. The molecule has 2 fully saturated rings. The molecule has 2 aromatic carbocycles. The number of nitrogens with zero attached hydrogens (tertiary/aromatic N) is 2. The third kappa shape index (κ3) is 5.79. The minimum atomic E-state index is -1.37. The van der Waals surface area contributed by atoms with Gasteiger partial charge in [0.25, 0.3) is 0 Å². The van der Waals surface area contributed by atoms with Crippen LogP contribution in [0.25, 0.3) is 0 Å². The van der Waals surface area contributed by atoms with Crippen molar-refractivity contribution in [1.29, 1.82) is 0 Å². The summed E-state index contributed by atoms with van der Waals surface area (Å²) in [6.45, 7) is 4.89. The number of benzene rings is 2. The highest BCUT2D eigenvalue weighted by molar-refractivity contribution is 5.51. The third-order valence-electron chi connectivity index (χ3n) is 6.98. The fourth-order valence-electron chi connectivity index (χ4n) is 4.83. The number of piperidine rings is 2. The molecule has 0 unspecified atom stereocenters. The van der Waals surface area contributed by atoms with E-state index in [9.17, 15) is 15.3 Å². The summed E-state index contributed by atoms with van der Waals surface area (Å²) in [6, 6.07) is 15.6. The van der Waals surface area contributed by atoms with Crippen molar-refractivity contribution in [3.8, 4) is 11.5 Å². The van der Waals surface area contributed by atoms with E-state index < -0.39 is 17.3 Å². The number of hydrogen-bond acceptors (Lipinski definition) is 7. The Morgan fingerprint density at radius 1 is 1.00 bits per heavy atom. The van der Waals surface area contributed by atoms with Gasteiger partial charge in [0.2, 0.25) is 0 Å². The van der Waals surface area contributed by atoms with E-state index in [1.807, 2.05) is 49.4 Å². The van der Waals surface area contributed by atoms with Gasteiger partial charge in [-0.2, -0.15) is 0 Å². The molecule has 0 spiro atoms. The molecule has 180 valence electrons. The number of rotatable bonds is 7. The number of aliphatic hydroxyl groups is 3. The molecule has 0 saturated carbocycles. The smallest absolute Gasteiger partial charge is 0.137 e. The first-order valence-electron chi connectivity index (χ1n) is 11.7. The van der Waals surface area contributed by atoms with Crippen LogP contribution in [0, 0.1) is 6.92 Å². The number of aliphatic hydroxyl groups excluding tert-OH is 1. The molecule has 7 nitrogen and oxygen atoms in total. The van der Waals surface area contributed by atoms with Gasteiger partial charge in [-0.05, 0) is 50.5 Å². The molecule has 2 saturated heterocycles. The number of aryl methyl sites for hydroxylation is 1. The lowest BCUT2D eigenvalue weighted by molar-refractivity contribution is -0.149. The van der Waals surface area contributed by atoms with E-state index in [0.29, 0.717) is 38.1 Å². The van der Waals surface area contributed by atoms with Gasteiger partial charge in [-0.15, -0.1) is 0 Å². The Hall–Kier alpha value is -2.32. The quantitative estimate of drug-likeness (QED) is 0.589. The summed E-state index contributed by atoms with van der Waals surface area (Å²) in [5.41, 5.74) is 0.0349. The van der Waals surface area contributed by atoms with Gasteiger partial charge < -0.3 is 29.7 Å². The van der Waals surface area contributed by atoms with Crippen molar-refractivity contribution in [3.05, 3.63) is 54.1 Å². The maximum absolute atomic E-state index is 11.3. The Morgan fingerprint density at radius 2 is 1.73 bits per heavy atom. The largest absolute Gasteiger partial charge is 0.497 e. The van der Waals surface area contributed by atoms with Crippen molar-refractivity contribution in [3.63, 3.8) is 0 Å². The number of methoxy groups -OCH3 is 1. The first-order valence-corrected chi connectivity index (χ1v) is 11.7. The van der Waals surface area contributed by atoms with Gasteiger partial charge in [0.15, 0.2) is 0 Å². The highest BCUT2D eigenvalue weighted by atomic mass is 16.5. The molecule has 3 N–H and O–H groups in total. The highest BCUT2D eigenvalue weighted by Crippen LogP contribution is 2.31. The van der Waals surface area contributed by atoms with Crippen LogP contribution in [0.5, 0.6) is 11.5 Å². The monoisotopic (exact) mass is 456 g/mol. The van der Waals surface area contributed by atoms with Crippen LogP contribution in [0.1, 0.15) is 24.8 Å². The van der Waals surface area contributed by atoms with Gasteiger partial charge in [0, 0.05) is 44.5 Å². The predicted molar refractivity (Wildman–Crippen MR) is 128 cm³/mol. The molecule has 2 aromatic rings.